The number of hydrogen-bond acceptors (Lipinski definition) is 5. The number of hydrogen-bond donors (Lipinski definition) is 2. The van der Waals surface area contributed by atoms with E-state index in [9.17, 15) is 15.2 Å². The van der Waals surface area contributed by atoms with Gasteiger partial charge in [-0.1, -0.05) is 30.3 Å². The van der Waals surface area contributed by atoms with Gasteiger partial charge >= 0.3 is 0 Å². The molecule has 0 fully saturated rings. The molecule has 2 rings (SSSR count). The Balaban J connectivity index is 2.09. The first-order valence-electron chi connectivity index (χ1n) is 8.71. The lowest BCUT2D eigenvalue weighted by Crippen LogP contribution is -2.23. The zero-order valence-electron chi connectivity index (χ0n) is 15.3. The predicted octanol–water partition coefficient (Wildman–Crippen LogP) is 2.93. The summed E-state index contributed by atoms with van der Waals surface area (Å²) in [5.74, 6) is 0.209. The van der Waals surface area contributed by atoms with Crippen LogP contribution in [0.5, 0.6) is 5.75 Å². The van der Waals surface area contributed by atoms with E-state index in [0.29, 0.717) is 31.1 Å². The molecule has 0 saturated carbocycles. The Morgan fingerprint density at radius 1 is 1.22 bits per heavy atom. The Labute approximate surface area is 159 Å². The Morgan fingerprint density at radius 2 is 1.93 bits per heavy atom. The summed E-state index contributed by atoms with van der Waals surface area (Å²) in [6.45, 7) is 3.18. The van der Waals surface area contributed by atoms with Crippen molar-refractivity contribution in [3.05, 3.63) is 71.9 Å². The molecule has 0 spiro atoms. The molecule has 0 radical (unpaired) electrons. The molecule has 140 valence electrons. The van der Waals surface area contributed by atoms with Gasteiger partial charge in [-0.3, -0.25) is 4.79 Å². The molecule has 0 bridgehead atoms. The number of carbonyl (C=O) groups is 1. The third kappa shape index (κ3) is 6.49. The molecule has 1 amide bonds. The van der Waals surface area contributed by atoms with E-state index in [1.54, 1.807) is 29.2 Å². The predicted molar refractivity (Wildman–Crippen MR) is 104 cm³/mol. The first-order valence-corrected chi connectivity index (χ1v) is 8.71. The van der Waals surface area contributed by atoms with Gasteiger partial charge in [0, 0.05) is 25.0 Å². The lowest BCUT2D eigenvalue weighted by Gasteiger charge is -2.20. The number of aliphatic hydroxyl groups excluding tert-OH is 1. The van der Waals surface area contributed by atoms with E-state index in [1.165, 1.54) is 6.20 Å². The van der Waals surface area contributed by atoms with Crippen LogP contribution in [0.3, 0.4) is 0 Å². The molecule has 0 heterocycles. The van der Waals surface area contributed by atoms with Crippen molar-refractivity contribution in [1.29, 1.82) is 5.26 Å². The Kier molecular flexibility index (Phi) is 7.89. The van der Waals surface area contributed by atoms with Crippen LogP contribution in [0.1, 0.15) is 12.5 Å². The highest BCUT2D eigenvalue weighted by molar-refractivity contribution is 6.06. The lowest BCUT2D eigenvalue weighted by atomic mass is 10.2. The van der Waals surface area contributed by atoms with Crippen LogP contribution in [0.25, 0.3) is 0 Å². The first-order chi connectivity index (χ1) is 13.2. The molecule has 0 aliphatic carbocycles. The van der Waals surface area contributed by atoms with E-state index in [0.717, 1.165) is 5.56 Å². The molecule has 0 atom stereocenters. The Hall–Kier alpha value is -3.30. The second-order valence-corrected chi connectivity index (χ2v) is 5.75. The average molecular weight is 365 g/mol. The van der Waals surface area contributed by atoms with E-state index in [1.807, 2.05) is 43.3 Å². The molecule has 27 heavy (non-hydrogen) atoms. The van der Waals surface area contributed by atoms with Gasteiger partial charge in [0.15, 0.2) is 0 Å². The number of nitrogens with one attached hydrogen (secondary N) is 1. The molecular weight excluding hydrogens is 342 g/mol. The maximum absolute atomic E-state index is 12.4. The molecular formula is C21H23N3O3. The first kappa shape index (κ1) is 20.0. The summed E-state index contributed by atoms with van der Waals surface area (Å²) in [6, 6.07) is 18.5. The number of nitriles is 1. The quantitative estimate of drug-likeness (QED) is 0.527. The van der Waals surface area contributed by atoms with Crippen molar-refractivity contribution in [1.82, 2.24) is 4.90 Å². The van der Waals surface area contributed by atoms with Crippen molar-refractivity contribution in [2.24, 2.45) is 0 Å². The van der Waals surface area contributed by atoms with Crippen LogP contribution >= 0.6 is 0 Å². The number of aliphatic hydroxyl groups is 1. The number of benzene rings is 2. The van der Waals surface area contributed by atoms with Crippen LogP contribution in [-0.4, -0.2) is 35.7 Å². The van der Waals surface area contributed by atoms with Crippen LogP contribution in [0.4, 0.5) is 5.69 Å². The number of nitrogens with zero attached hydrogens (tertiary/aromatic N) is 2. The van der Waals surface area contributed by atoms with E-state index < -0.39 is 5.91 Å². The third-order valence-corrected chi connectivity index (χ3v) is 3.72. The van der Waals surface area contributed by atoms with Crippen molar-refractivity contribution in [2.75, 3.05) is 25.1 Å². The maximum Gasteiger partial charge on any atom is 0.267 e. The molecule has 0 unspecified atom stereocenters. The molecule has 0 aromatic heterocycles. The van der Waals surface area contributed by atoms with Gasteiger partial charge in [-0.25, -0.2) is 0 Å². The van der Waals surface area contributed by atoms with E-state index in [4.69, 9.17) is 4.74 Å². The van der Waals surface area contributed by atoms with Crippen molar-refractivity contribution >= 4 is 11.6 Å². The largest absolute Gasteiger partial charge is 0.494 e. The van der Waals surface area contributed by atoms with Crippen LogP contribution in [0.15, 0.2) is 66.4 Å². The highest BCUT2D eigenvalue weighted by Crippen LogP contribution is 2.16. The molecule has 2 aromatic rings. The fourth-order valence-corrected chi connectivity index (χ4v) is 2.46. The molecule has 6 heteroatoms. The van der Waals surface area contributed by atoms with Gasteiger partial charge in [0.1, 0.15) is 17.4 Å². The van der Waals surface area contributed by atoms with E-state index >= 15 is 0 Å². The summed E-state index contributed by atoms with van der Waals surface area (Å²) in [4.78, 5) is 14.2. The van der Waals surface area contributed by atoms with Crippen LogP contribution in [0.2, 0.25) is 0 Å². The van der Waals surface area contributed by atoms with Crippen molar-refractivity contribution in [3.63, 3.8) is 0 Å². The molecule has 2 N–H and O–H groups in total. The van der Waals surface area contributed by atoms with Crippen molar-refractivity contribution < 1.29 is 14.6 Å². The molecule has 6 nitrogen and oxygen atoms in total. The fraction of sp³-hybridized carbons (Fsp3) is 0.238. The molecule has 0 aliphatic rings. The van der Waals surface area contributed by atoms with E-state index in [2.05, 4.69) is 5.32 Å². The van der Waals surface area contributed by atoms with Gasteiger partial charge in [0.05, 0.1) is 13.2 Å². The minimum absolute atomic E-state index is 0.0340. The standard InChI is InChI=1S/C21H23N3O3/c1-2-27-20-10-8-19(9-11-20)23-21(26)18(14-22)16-24(12-13-25)15-17-6-4-3-5-7-17/h3-11,16,25H,2,12-13,15H2,1H3,(H,23,26)/b18-16-. The molecule has 0 aliphatic heterocycles. The molecule has 0 saturated heterocycles. The summed E-state index contributed by atoms with van der Waals surface area (Å²) in [5, 5.41) is 21.4. The zero-order chi connectivity index (χ0) is 19.5. The van der Waals surface area contributed by atoms with Gasteiger partial charge in [0.2, 0.25) is 0 Å². The fourth-order valence-electron chi connectivity index (χ4n) is 2.46. The second kappa shape index (κ2) is 10.6. The Bertz CT molecular complexity index is 796. The third-order valence-electron chi connectivity index (χ3n) is 3.72. The monoisotopic (exact) mass is 365 g/mol. The minimum atomic E-state index is -0.502. The van der Waals surface area contributed by atoms with Crippen molar-refractivity contribution in [2.45, 2.75) is 13.5 Å². The minimum Gasteiger partial charge on any atom is -0.494 e. The van der Waals surface area contributed by atoms with Crippen LogP contribution < -0.4 is 10.1 Å². The normalized spacial score (nSPS) is 10.8. The maximum atomic E-state index is 12.4. The number of amides is 1. The second-order valence-electron chi connectivity index (χ2n) is 5.75. The van der Waals surface area contributed by atoms with E-state index in [-0.39, 0.29) is 12.2 Å². The van der Waals surface area contributed by atoms with Gasteiger partial charge in [-0.2, -0.15) is 5.26 Å². The summed E-state index contributed by atoms with van der Waals surface area (Å²) in [7, 11) is 0. The van der Waals surface area contributed by atoms with Gasteiger partial charge in [-0.05, 0) is 36.8 Å². The topological polar surface area (TPSA) is 85.6 Å². The van der Waals surface area contributed by atoms with Crippen molar-refractivity contribution in [3.8, 4) is 11.8 Å². The summed E-state index contributed by atoms with van der Waals surface area (Å²) >= 11 is 0. The van der Waals surface area contributed by atoms with Gasteiger partial charge in [0.25, 0.3) is 5.91 Å². The SMILES string of the molecule is CCOc1ccc(NC(=O)/C(C#N)=C\N(CCO)Cc2ccccc2)cc1. The number of anilines is 1. The lowest BCUT2D eigenvalue weighted by molar-refractivity contribution is -0.112. The van der Waals surface area contributed by atoms with Gasteiger partial charge in [-0.15, -0.1) is 0 Å². The highest BCUT2D eigenvalue weighted by atomic mass is 16.5. The van der Waals surface area contributed by atoms with Crippen LogP contribution in [-0.2, 0) is 11.3 Å². The van der Waals surface area contributed by atoms with Gasteiger partial charge < -0.3 is 20.1 Å². The number of carbonyl (C=O) groups excluding carboxylic acids is 1. The highest BCUT2D eigenvalue weighted by Gasteiger charge is 2.12. The smallest absolute Gasteiger partial charge is 0.267 e. The summed E-state index contributed by atoms with van der Waals surface area (Å²) in [6.07, 6.45) is 1.48. The Morgan fingerprint density at radius 3 is 2.52 bits per heavy atom. The number of ether oxygens (including phenoxy) is 1. The average Bonchev–Trinajstić information content (AvgIpc) is 2.68. The number of rotatable bonds is 9. The summed E-state index contributed by atoms with van der Waals surface area (Å²) in [5.41, 5.74) is 1.56. The summed E-state index contributed by atoms with van der Waals surface area (Å²) < 4.78 is 5.36. The molecule has 2 aromatic carbocycles. The van der Waals surface area contributed by atoms with Crippen LogP contribution in [0, 0.1) is 11.3 Å². The zero-order valence-corrected chi connectivity index (χ0v) is 15.3.